The molecule has 0 saturated heterocycles. The van der Waals surface area contributed by atoms with E-state index in [-0.39, 0.29) is 6.04 Å². The Morgan fingerprint density at radius 2 is 1.95 bits per heavy atom. The molecule has 2 rings (SSSR count). The molecule has 106 valence electrons. The van der Waals surface area contributed by atoms with Crippen LogP contribution in [0.4, 0.5) is 0 Å². The van der Waals surface area contributed by atoms with Crippen molar-refractivity contribution in [2.24, 2.45) is 11.7 Å². The second-order valence-electron chi connectivity index (χ2n) is 5.34. The van der Waals surface area contributed by atoms with Gasteiger partial charge in [0.15, 0.2) is 0 Å². The van der Waals surface area contributed by atoms with Gasteiger partial charge in [0.25, 0.3) is 0 Å². The number of rotatable bonds is 6. The lowest BCUT2D eigenvalue weighted by molar-refractivity contribution is 0.297. The Kier molecular flexibility index (Phi) is 4.60. The van der Waals surface area contributed by atoms with Gasteiger partial charge < -0.3 is 5.73 Å². The van der Waals surface area contributed by atoms with E-state index in [4.69, 9.17) is 5.73 Å². The highest BCUT2D eigenvalue weighted by molar-refractivity contribution is 7.89. The van der Waals surface area contributed by atoms with Crippen molar-refractivity contribution in [2.45, 2.75) is 43.5 Å². The van der Waals surface area contributed by atoms with Gasteiger partial charge in [0.05, 0.1) is 4.90 Å². The van der Waals surface area contributed by atoms with Crippen LogP contribution in [0.2, 0.25) is 0 Å². The first kappa shape index (κ1) is 14.5. The van der Waals surface area contributed by atoms with E-state index in [9.17, 15) is 8.42 Å². The van der Waals surface area contributed by atoms with Crippen molar-refractivity contribution in [3.8, 4) is 0 Å². The van der Waals surface area contributed by atoms with E-state index in [1.165, 1.54) is 19.3 Å². The summed E-state index contributed by atoms with van der Waals surface area (Å²) in [4.78, 5) is 0.311. The molecule has 1 saturated carbocycles. The summed E-state index contributed by atoms with van der Waals surface area (Å²) in [6.07, 6.45) is 4.71. The van der Waals surface area contributed by atoms with E-state index in [2.05, 4.69) is 4.72 Å². The molecule has 0 aliphatic heterocycles. The Hall–Kier alpha value is -0.910. The van der Waals surface area contributed by atoms with Gasteiger partial charge in [-0.25, -0.2) is 13.1 Å². The monoisotopic (exact) mass is 282 g/mol. The molecular weight excluding hydrogens is 260 g/mol. The van der Waals surface area contributed by atoms with Gasteiger partial charge in [-0.05, 0) is 37.0 Å². The van der Waals surface area contributed by atoms with Gasteiger partial charge in [0, 0.05) is 12.6 Å². The average Bonchev–Trinajstić information content (AvgIpc) is 2.32. The van der Waals surface area contributed by atoms with E-state index in [1.54, 1.807) is 24.3 Å². The zero-order valence-electron chi connectivity index (χ0n) is 11.3. The third kappa shape index (κ3) is 3.78. The summed E-state index contributed by atoms with van der Waals surface area (Å²) in [5.74, 6) is 0.711. The van der Waals surface area contributed by atoms with Crippen LogP contribution in [-0.4, -0.2) is 15.0 Å². The number of benzene rings is 1. The van der Waals surface area contributed by atoms with E-state index in [1.807, 2.05) is 6.92 Å². The van der Waals surface area contributed by atoms with Gasteiger partial charge in [-0.2, -0.15) is 0 Å². The Balaban J connectivity index is 1.93. The third-order valence-corrected chi connectivity index (χ3v) is 5.26. The molecule has 5 heteroatoms. The van der Waals surface area contributed by atoms with Gasteiger partial charge in [-0.3, -0.25) is 0 Å². The van der Waals surface area contributed by atoms with Crippen LogP contribution in [0.3, 0.4) is 0 Å². The predicted molar refractivity (Wildman–Crippen MR) is 76.2 cm³/mol. The van der Waals surface area contributed by atoms with Crippen LogP contribution in [-0.2, 0) is 10.0 Å². The summed E-state index contributed by atoms with van der Waals surface area (Å²) < 4.78 is 26.8. The summed E-state index contributed by atoms with van der Waals surface area (Å²) >= 11 is 0. The lowest BCUT2D eigenvalue weighted by Gasteiger charge is -2.25. The van der Waals surface area contributed by atoms with Crippen LogP contribution in [0, 0.1) is 5.92 Å². The second-order valence-corrected chi connectivity index (χ2v) is 7.11. The van der Waals surface area contributed by atoms with Gasteiger partial charge >= 0.3 is 0 Å². The van der Waals surface area contributed by atoms with Crippen LogP contribution in [0.15, 0.2) is 29.2 Å². The van der Waals surface area contributed by atoms with Crippen molar-refractivity contribution >= 4 is 10.0 Å². The van der Waals surface area contributed by atoms with E-state index in [0.29, 0.717) is 17.4 Å². The van der Waals surface area contributed by atoms with Crippen molar-refractivity contribution in [1.29, 1.82) is 0 Å². The summed E-state index contributed by atoms with van der Waals surface area (Å²) in [5, 5.41) is 0. The summed E-state index contributed by atoms with van der Waals surface area (Å²) in [5.41, 5.74) is 6.68. The first-order valence-electron chi connectivity index (χ1n) is 6.84. The van der Waals surface area contributed by atoms with E-state index in [0.717, 1.165) is 12.0 Å². The molecule has 1 atom stereocenters. The van der Waals surface area contributed by atoms with Crippen LogP contribution in [0.5, 0.6) is 0 Å². The molecule has 1 aromatic carbocycles. The predicted octanol–water partition coefficient (Wildman–Crippen LogP) is 2.17. The lowest BCUT2D eigenvalue weighted by Crippen LogP contribution is -2.27. The van der Waals surface area contributed by atoms with E-state index >= 15 is 0 Å². The maximum absolute atomic E-state index is 12.1. The molecule has 3 N–H and O–H groups in total. The van der Waals surface area contributed by atoms with Crippen molar-refractivity contribution in [3.63, 3.8) is 0 Å². The molecule has 1 aromatic rings. The fourth-order valence-corrected chi connectivity index (χ4v) is 3.26. The van der Waals surface area contributed by atoms with Crippen molar-refractivity contribution < 1.29 is 8.42 Å². The highest BCUT2D eigenvalue weighted by Crippen LogP contribution is 2.28. The minimum absolute atomic E-state index is 0.0803. The third-order valence-electron chi connectivity index (χ3n) is 3.79. The lowest BCUT2D eigenvalue weighted by atomic mass is 9.83. The van der Waals surface area contributed by atoms with Gasteiger partial charge in [0.2, 0.25) is 10.0 Å². The largest absolute Gasteiger partial charge is 0.324 e. The molecule has 0 heterocycles. The summed E-state index contributed by atoms with van der Waals surface area (Å²) in [6, 6.07) is 6.69. The minimum Gasteiger partial charge on any atom is -0.324 e. The SMILES string of the molecule is CC(N)c1ccc(S(=O)(=O)NCCC2CCC2)cc1. The molecule has 4 nitrogen and oxygen atoms in total. The Labute approximate surface area is 115 Å². The number of hydrogen-bond donors (Lipinski definition) is 2. The molecular formula is C14H22N2O2S. The van der Waals surface area contributed by atoms with Gasteiger partial charge in [-0.1, -0.05) is 31.4 Å². The maximum atomic E-state index is 12.1. The van der Waals surface area contributed by atoms with Crippen LogP contribution >= 0.6 is 0 Å². The molecule has 1 unspecified atom stereocenters. The number of nitrogens with one attached hydrogen (secondary N) is 1. The molecule has 1 aliphatic rings. The van der Waals surface area contributed by atoms with Crippen molar-refractivity contribution in [1.82, 2.24) is 4.72 Å². The smallest absolute Gasteiger partial charge is 0.240 e. The normalized spacial score (nSPS) is 18.0. The first-order valence-corrected chi connectivity index (χ1v) is 8.32. The molecule has 0 aromatic heterocycles. The van der Waals surface area contributed by atoms with Gasteiger partial charge in [-0.15, -0.1) is 0 Å². The minimum atomic E-state index is -3.37. The topological polar surface area (TPSA) is 72.2 Å². The zero-order valence-corrected chi connectivity index (χ0v) is 12.1. The maximum Gasteiger partial charge on any atom is 0.240 e. The zero-order chi connectivity index (χ0) is 13.9. The molecule has 0 amide bonds. The number of nitrogens with two attached hydrogens (primary N) is 1. The molecule has 1 fully saturated rings. The first-order chi connectivity index (χ1) is 8.99. The van der Waals surface area contributed by atoms with Crippen molar-refractivity contribution in [2.75, 3.05) is 6.54 Å². The molecule has 0 bridgehead atoms. The summed E-state index contributed by atoms with van der Waals surface area (Å²) in [6.45, 7) is 2.41. The van der Waals surface area contributed by atoms with Crippen LogP contribution < -0.4 is 10.5 Å². The Bertz CT molecular complexity index is 505. The quantitative estimate of drug-likeness (QED) is 0.840. The average molecular weight is 282 g/mol. The van der Waals surface area contributed by atoms with Crippen LogP contribution in [0.1, 0.15) is 44.2 Å². The second kappa shape index (κ2) is 6.03. The molecule has 1 aliphatic carbocycles. The van der Waals surface area contributed by atoms with Crippen LogP contribution in [0.25, 0.3) is 0 Å². The highest BCUT2D eigenvalue weighted by Gasteiger charge is 2.19. The molecule has 0 radical (unpaired) electrons. The van der Waals surface area contributed by atoms with Gasteiger partial charge in [0.1, 0.15) is 0 Å². The highest BCUT2D eigenvalue weighted by atomic mass is 32.2. The van der Waals surface area contributed by atoms with Crippen molar-refractivity contribution in [3.05, 3.63) is 29.8 Å². The fourth-order valence-electron chi connectivity index (χ4n) is 2.21. The molecule has 19 heavy (non-hydrogen) atoms. The Morgan fingerprint density at radius 1 is 1.32 bits per heavy atom. The standard InChI is InChI=1S/C14H22N2O2S/c1-11(15)13-5-7-14(8-6-13)19(17,18)16-10-9-12-3-2-4-12/h5-8,11-12,16H,2-4,9-10,15H2,1H3. The Morgan fingerprint density at radius 3 is 2.42 bits per heavy atom. The summed E-state index contributed by atoms with van der Waals surface area (Å²) in [7, 11) is -3.37. The number of sulfonamides is 1. The number of hydrogen-bond acceptors (Lipinski definition) is 3. The fraction of sp³-hybridized carbons (Fsp3) is 0.571. The molecule has 0 spiro atoms. The van der Waals surface area contributed by atoms with E-state index < -0.39 is 10.0 Å².